The van der Waals surface area contributed by atoms with Gasteiger partial charge in [0.25, 0.3) is 0 Å². The van der Waals surface area contributed by atoms with Crippen molar-refractivity contribution in [3.63, 3.8) is 0 Å². The zero-order valence-corrected chi connectivity index (χ0v) is 18.8. The van der Waals surface area contributed by atoms with Crippen molar-refractivity contribution in [2.75, 3.05) is 20.8 Å². The lowest BCUT2D eigenvalue weighted by molar-refractivity contribution is -0.128. The maximum Gasteiger partial charge on any atom is 0.204 e. The van der Waals surface area contributed by atoms with E-state index in [1.54, 1.807) is 0 Å². The van der Waals surface area contributed by atoms with Gasteiger partial charge in [-0.1, -0.05) is 41.9 Å². The molecule has 0 saturated carbocycles. The summed E-state index contributed by atoms with van der Waals surface area (Å²) in [4.78, 5) is 12.5. The number of allylic oxidation sites excluding steroid dienone is 6. The molecule has 0 fully saturated rings. The molecule has 0 aromatic carbocycles. The summed E-state index contributed by atoms with van der Waals surface area (Å²) >= 11 is 0. The summed E-state index contributed by atoms with van der Waals surface area (Å²) in [5.74, 6) is -0.287. The molecule has 0 aromatic heterocycles. The zero-order chi connectivity index (χ0) is 22.0. The molecule has 164 valence electrons. The van der Waals surface area contributed by atoms with E-state index in [0.29, 0.717) is 6.42 Å². The minimum Gasteiger partial charge on any atom is -0.494 e. The van der Waals surface area contributed by atoms with Crippen molar-refractivity contribution in [3.8, 4) is 0 Å². The summed E-state index contributed by atoms with van der Waals surface area (Å²) in [7, 11) is 2.88. The molecule has 0 heterocycles. The SMILES string of the molecule is COC1=C(OC)[C@H](O)[C@H](C/C=C(\C)CC/C=C(\C)CC/C=C(\C)CO)[C@@H](C)C1=O. The molecule has 29 heavy (non-hydrogen) atoms. The summed E-state index contributed by atoms with van der Waals surface area (Å²) in [5, 5.41) is 19.7. The van der Waals surface area contributed by atoms with Crippen LogP contribution in [0.5, 0.6) is 0 Å². The molecule has 1 rings (SSSR count). The van der Waals surface area contributed by atoms with Gasteiger partial charge in [0.2, 0.25) is 11.5 Å². The Balaban J connectivity index is 2.61. The van der Waals surface area contributed by atoms with Crippen molar-refractivity contribution in [1.82, 2.24) is 0 Å². The van der Waals surface area contributed by atoms with Gasteiger partial charge in [0.05, 0.1) is 20.8 Å². The molecule has 0 bridgehead atoms. The van der Waals surface area contributed by atoms with Gasteiger partial charge in [0.1, 0.15) is 6.10 Å². The van der Waals surface area contributed by atoms with Crippen LogP contribution in [-0.2, 0) is 14.3 Å². The molecule has 1 aliphatic carbocycles. The van der Waals surface area contributed by atoms with Crippen LogP contribution in [0.1, 0.15) is 59.8 Å². The lowest BCUT2D eigenvalue weighted by atomic mass is 9.77. The molecular formula is C24H38O5. The second kappa shape index (κ2) is 12.7. The van der Waals surface area contributed by atoms with E-state index in [0.717, 1.165) is 31.3 Å². The van der Waals surface area contributed by atoms with Crippen LogP contribution in [-0.4, -0.2) is 42.9 Å². The van der Waals surface area contributed by atoms with Crippen LogP contribution in [0.4, 0.5) is 0 Å². The molecule has 0 saturated heterocycles. The van der Waals surface area contributed by atoms with Gasteiger partial charge >= 0.3 is 0 Å². The summed E-state index contributed by atoms with van der Waals surface area (Å²) in [6.07, 6.45) is 10.1. The Labute approximate surface area is 175 Å². The predicted molar refractivity (Wildman–Crippen MR) is 116 cm³/mol. The van der Waals surface area contributed by atoms with Crippen molar-refractivity contribution >= 4 is 5.78 Å². The van der Waals surface area contributed by atoms with Crippen molar-refractivity contribution in [2.45, 2.75) is 65.9 Å². The number of carbonyl (C=O) groups excluding carboxylic acids is 1. The van der Waals surface area contributed by atoms with Gasteiger partial charge in [-0.25, -0.2) is 0 Å². The lowest BCUT2D eigenvalue weighted by Crippen LogP contribution is -2.40. The lowest BCUT2D eigenvalue weighted by Gasteiger charge is -2.33. The van der Waals surface area contributed by atoms with E-state index in [1.165, 1.54) is 25.4 Å². The molecule has 5 nitrogen and oxygen atoms in total. The van der Waals surface area contributed by atoms with Gasteiger partial charge in [-0.05, 0) is 52.9 Å². The zero-order valence-electron chi connectivity index (χ0n) is 18.8. The third-order valence-corrected chi connectivity index (χ3v) is 5.65. The van der Waals surface area contributed by atoms with Crippen molar-refractivity contribution in [1.29, 1.82) is 0 Å². The highest BCUT2D eigenvalue weighted by molar-refractivity contribution is 5.97. The quantitative estimate of drug-likeness (QED) is 0.495. The molecule has 2 N–H and O–H groups in total. The van der Waals surface area contributed by atoms with Gasteiger partial charge < -0.3 is 19.7 Å². The number of Topliss-reactive ketones (excluding diaryl/α,β-unsaturated/α-hetero) is 1. The first-order valence-corrected chi connectivity index (χ1v) is 10.4. The van der Waals surface area contributed by atoms with Gasteiger partial charge in [0.15, 0.2) is 5.76 Å². The van der Waals surface area contributed by atoms with E-state index in [-0.39, 0.29) is 35.7 Å². The van der Waals surface area contributed by atoms with E-state index >= 15 is 0 Å². The number of carbonyl (C=O) groups is 1. The number of rotatable bonds is 11. The fourth-order valence-electron chi connectivity index (χ4n) is 3.57. The summed E-state index contributed by atoms with van der Waals surface area (Å²) in [6, 6.07) is 0. The Hall–Kier alpha value is -1.85. The standard InChI is InChI=1S/C24H38O5/c1-16(10-8-12-18(3)15-25)9-7-11-17(2)13-14-20-19(4)21(26)23(28-5)24(29-6)22(20)27/h9,12-13,19-20,22,25,27H,7-8,10-11,14-15H2,1-6H3/b16-9+,17-13+,18-12+/t19-,20-,22-/m1/s1. The van der Waals surface area contributed by atoms with Crippen LogP contribution >= 0.6 is 0 Å². The van der Waals surface area contributed by atoms with E-state index in [4.69, 9.17) is 14.6 Å². The first kappa shape index (κ1) is 25.2. The molecule has 0 radical (unpaired) electrons. The molecule has 0 aromatic rings. The summed E-state index contributed by atoms with van der Waals surface area (Å²) in [5.41, 5.74) is 3.61. The van der Waals surface area contributed by atoms with Gasteiger partial charge in [0, 0.05) is 11.8 Å². The van der Waals surface area contributed by atoms with E-state index in [9.17, 15) is 9.90 Å². The number of methoxy groups -OCH3 is 2. The van der Waals surface area contributed by atoms with Crippen molar-refractivity contribution < 1.29 is 24.5 Å². The third kappa shape index (κ3) is 7.48. The highest BCUT2D eigenvalue weighted by Gasteiger charge is 2.42. The van der Waals surface area contributed by atoms with Crippen LogP contribution in [0.15, 0.2) is 46.5 Å². The molecule has 0 aliphatic heterocycles. The first-order chi connectivity index (χ1) is 13.8. The van der Waals surface area contributed by atoms with Gasteiger partial charge in [-0.2, -0.15) is 0 Å². The first-order valence-electron chi connectivity index (χ1n) is 10.4. The van der Waals surface area contributed by atoms with Crippen LogP contribution < -0.4 is 0 Å². The summed E-state index contributed by atoms with van der Waals surface area (Å²) < 4.78 is 10.4. The Morgan fingerprint density at radius 3 is 2.03 bits per heavy atom. The Bertz CT molecular complexity index is 669. The average molecular weight is 407 g/mol. The second-order valence-electron chi connectivity index (χ2n) is 7.99. The van der Waals surface area contributed by atoms with Crippen LogP contribution in [0.25, 0.3) is 0 Å². The molecule has 5 heteroatoms. The maximum absolute atomic E-state index is 12.5. The minimum absolute atomic E-state index is 0.116. The molecule has 0 amide bonds. The van der Waals surface area contributed by atoms with E-state index < -0.39 is 6.10 Å². The largest absolute Gasteiger partial charge is 0.494 e. The van der Waals surface area contributed by atoms with Gasteiger partial charge in [-0.3, -0.25) is 4.79 Å². The molecule has 3 atom stereocenters. The number of hydrogen-bond donors (Lipinski definition) is 2. The molecule has 0 spiro atoms. The molecular weight excluding hydrogens is 368 g/mol. The number of aliphatic hydroxyl groups excluding tert-OH is 2. The second-order valence-corrected chi connectivity index (χ2v) is 7.99. The number of aliphatic hydroxyl groups is 2. The predicted octanol–water partition coefficient (Wildman–Crippen LogP) is 4.47. The maximum atomic E-state index is 12.5. The smallest absolute Gasteiger partial charge is 0.204 e. The Morgan fingerprint density at radius 2 is 1.52 bits per heavy atom. The number of hydrogen-bond acceptors (Lipinski definition) is 5. The fraction of sp³-hybridized carbons (Fsp3) is 0.625. The topological polar surface area (TPSA) is 76.0 Å². The third-order valence-electron chi connectivity index (χ3n) is 5.65. The average Bonchev–Trinajstić information content (AvgIpc) is 2.70. The van der Waals surface area contributed by atoms with Crippen LogP contribution in [0.2, 0.25) is 0 Å². The Morgan fingerprint density at radius 1 is 0.966 bits per heavy atom. The highest BCUT2D eigenvalue weighted by Crippen LogP contribution is 2.35. The Kier molecular flexibility index (Phi) is 11.0. The van der Waals surface area contributed by atoms with Crippen molar-refractivity contribution in [2.24, 2.45) is 11.8 Å². The molecule has 0 unspecified atom stereocenters. The number of ether oxygens (including phenoxy) is 2. The van der Waals surface area contributed by atoms with E-state index in [2.05, 4.69) is 32.1 Å². The normalized spacial score (nSPS) is 24.2. The van der Waals surface area contributed by atoms with E-state index in [1.807, 2.05) is 13.8 Å². The molecule has 1 aliphatic rings. The van der Waals surface area contributed by atoms with Gasteiger partial charge in [-0.15, -0.1) is 0 Å². The minimum atomic E-state index is -0.843. The monoisotopic (exact) mass is 406 g/mol. The summed E-state index contributed by atoms with van der Waals surface area (Å²) in [6.45, 7) is 8.13. The van der Waals surface area contributed by atoms with Crippen molar-refractivity contribution in [3.05, 3.63) is 46.5 Å². The highest BCUT2D eigenvalue weighted by atomic mass is 16.5. The fourth-order valence-corrected chi connectivity index (χ4v) is 3.57. The van der Waals surface area contributed by atoms with Crippen LogP contribution in [0, 0.1) is 11.8 Å². The number of ketones is 1. The van der Waals surface area contributed by atoms with Crippen LogP contribution in [0.3, 0.4) is 0 Å².